The van der Waals surface area contributed by atoms with Crippen molar-refractivity contribution in [1.29, 1.82) is 0 Å². The molecule has 0 radical (unpaired) electrons. The van der Waals surface area contributed by atoms with E-state index in [1.807, 2.05) is 45.9 Å². The van der Waals surface area contributed by atoms with Crippen LogP contribution in [0.2, 0.25) is 0 Å². The standard InChI is InChI=1S/C14H20O2/c1-10(2)13(15)14(16,11(3)4)12-8-6-5-7-9-12/h5-11,16H,1-4H3. The van der Waals surface area contributed by atoms with Crippen molar-refractivity contribution in [2.24, 2.45) is 11.8 Å². The van der Waals surface area contributed by atoms with Gasteiger partial charge in [0.25, 0.3) is 0 Å². The van der Waals surface area contributed by atoms with Crippen molar-refractivity contribution in [2.75, 3.05) is 0 Å². The summed E-state index contributed by atoms with van der Waals surface area (Å²) in [7, 11) is 0. The minimum Gasteiger partial charge on any atom is -0.377 e. The third kappa shape index (κ3) is 2.17. The van der Waals surface area contributed by atoms with Gasteiger partial charge in [0, 0.05) is 5.92 Å². The Morgan fingerprint density at radius 2 is 1.62 bits per heavy atom. The third-order valence-corrected chi connectivity index (χ3v) is 2.95. The average Bonchev–Trinajstić information content (AvgIpc) is 2.27. The molecule has 1 atom stereocenters. The van der Waals surface area contributed by atoms with E-state index in [1.54, 1.807) is 12.1 Å². The number of ketones is 1. The summed E-state index contributed by atoms with van der Waals surface area (Å²) in [6.45, 7) is 7.37. The minimum absolute atomic E-state index is 0.117. The summed E-state index contributed by atoms with van der Waals surface area (Å²) in [6, 6.07) is 9.18. The molecule has 1 N–H and O–H groups in total. The van der Waals surface area contributed by atoms with Gasteiger partial charge in [-0.1, -0.05) is 58.0 Å². The van der Waals surface area contributed by atoms with Gasteiger partial charge >= 0.3 is 0 Å². The molecule has 2 heteroatoms. The van der Waals surface area contributed by atoms with E-state index >= 15 is 0 Å². The molecular formula is C14H20O2. The van der Waals surface area contributed by atoms with Gasteiger partial charge in [0.15, 0.2) is 11.4 Å². The molecule has 0 amide bonds. The maximum atomic E-state index is 12.2. The maximum absolute atomic E-state index is 12.2. The highest BCUT2D eigenvalue weighted by Crippen LogP contribution is 2.32. The normalized spacial score (nSPS) is 15.2. The van der Waals surface area contributed by atoms with Gasteiger partial charge in [0.1, 0.15) is 0 Å². The lowest BCUT2D eigenvalue weighted by Gasteiger charge is -2.32. The largest absolute Gasteiger partial charge is 0.377 e. The molecule has 88 valence electrons. The zero-order chi connectivity index (χ0) is 12.3. The third-order valence-electron chi connectivity index (χ3n) is 2.95. The van der Waals surface area contributed by atoms with Crippen molar-refractivity contribution in [3.05, 3.63) is 35.9 Å². The van der Waals surface area contributed by atoms with Crippen molar-refractivity contribution < 1.29 is 9.90 Å². The molecule has 0 bridgehead atoms. The van der Waals surface area contributed by atoms with E-state index in [4.69, 9.17) is 0 Å². The predicted molar refractivity (Wildman–Crippen MR) is 65.0 cm³/mol. The highest BCUT2D eigenvalue weighted by atomic mass is 16.3. The zero-order valence-electron chi connectivity index (χ0n) is 10.4. The smallest absolute Gasteiger partial charge is 0.171 e. The number of Topliss-reactive ketones (excluding diaryl/α,β-unsaturated/α-hetero) is 1. The number of rotatable bonds is 4. The molecule has 0 aliphatic heterocycles. The molecule has 0 spiro atoms. The monoisotopic (exact) mass is 220 g/mol. The summed E-state index contributed by atoms with van der Waals surface area (Å²) in [6.07, 6.45) is 0. The maximum Gasteiger partial charge on any atom is 0.171 e. The number of carbonyl (C=O) groups excluding carboxylic acids is 1. The summed E-state index contributed by atoms with van der Waals surface area (Å²) in [4.78, 5) is 12.2. The lowest BCUT2D eigenvalue weighted by atomic mass is 9.76. The number of benzene rings is 1. The molecule has 0 aliphatic rings. The molecule has 0 fully saturated rings. The first kappa shape index (κ1) is 12.9. The van der Waals surface area contributed by atoms with E-state index in [2.05, 4.69) is 0 Å². The Kier molecular flexibility index (Phi) is 3.87. The van der Waals surface area contributed by atoms with E-state index in [1.165, 1.54) is 0 Å². The first-order valence-electron chi connectivity index (χ1n) is 5.73. The Balaban J connectivity index is 3.23. The summed E-state index contributed by atoms with van der Waals surface area (Å²) >= 11 is 0. The molecule has 16 heavy (non-hydrogen) atoms. The molecule has 0 aromatic heterocycles. The fourth-order valence-corrected chi connectivity index (χ4v) is 1.89. The van der Waals surface area contributed by atoms with E-state index < -0.39 is 5.60 Å². The predicted octanol–water partition coefficient (Wildman–Crippen LogP) is 2.76. The number of hydrogen-bond donors (Lipinski definition) is 1. The van der Waals surface area contributed by atoms with Gasteiger partial charge in [-0.15, -0.1) is 0 Å². The van der Waals surface area contributed by atoms with E-state index in [-0.39, 0.29) is 17.6 Å². The number of hydrogen-bond acceptors (Lipinski definition) is 2. The van der Waals surface area contributed by atoms with E-state index in [9.17, 15) is 9.90 Å². The molecule has 0 aliphatic carbocycles. The van der Waals surface area contributed by atoms with Gasteiger partial charge in [-0.05, 0) is 11.5 Å². The van der Waals surface area contributed by atoms with Crippen LogP contribution in [0.5, 0.6) is 0 Å². The van der Waals surface area contributed by atoms with E-state index in [0.717, 1.165) is 0 Å². The highest BCUT2D eigenvalue weighted by molar-refractivity contribution is 5.90. The molecule has 0 saturated heterocycles. The van der Waals surface area contributed by atoms with Gasteiger partial charge in [0.05, 0.1) is 0 Å². The van der Waals surface area contributed by atoms with Crippen LogP contribution in [0.4, 0.5) is 0 Å². The molecule has 2 nitrogen and oxygen atoms in total. The molecule has 1 unspecified atom stereocenters. The molecule has 0 saturated carbocycles. The summed E-state index contributed by atoms with van der Waals surface area (Å²) in [5.74, 6) is -0.425. The van der Waals surface area contributed by atoms with E-state index in [0.29, 0.717) is 5.56 Å². The Bertz CT molecular complexity index is 354. The van der Waals surface area contributed by atoms with Crippen LogP contribution in [-0.2, 0) is 10.4 Å². The molecule has 1 aromatic rings. The van der Waals surface area contributed by atoms with Gasteiger partial charge < -0.3 is 5.11 Å². The van der Waals surface area contributed by atoms with Crippen LogP contribution in [0.25, 0.3) is 0 Å². The van der Waals surface area contributed by atoms with Crippen molar-refractivity contribution in [2.45, 2.75) is 33.3 Å². The van der Waals surface area contributed by atoms with Crippen molar-refractivity contribution in [3.63, 3.8) is 0 Å². The Morgan fingerprint density at radius 1 is 1.12 bits per heavy atom. The van der Waals surface area contributed by atoms with Crippen LogP contribution in [0.1, 0.15) is 33.3 Å². The van der Waals surface area contributed by atoms with Crippen molar-refractivity contribution in [1.82, 2.24) is 0 Å². The van der Waals surface area contributed by atoms with Gasteiger partial charge in [-0.2, -0.15) is 0 Å². The topological polar surface area (TPSA) is 37.3 Å². The fourth-order valence-electron chi connectivity index (χ4n) is 1.89. The van der Waals surface area contributed by atoms with Crippen molar-refractivity contribution >= 4 is 5.78 Å². The van der Waals surface area contributed by atoms with Crippen LogP contribution >= 0.6 is 0 Å². The Labute approximate surface area is 97.3 Å². The SMILES string of the molecule is CC(C)C(=O)C(O)(c1ccccc1)C(C)C. The van der Waals surface area contributed by atoms with Gasteiger partial charge in [-0.3, -0.25) is 4.79 Å². The number of aliphatic hydroxyl groups is 1. The first-order chi connectivity index (χ1) is 7.40. The number of carbonyl (C=O) groups is 1. The van der Waals surface area contributed by atoms with Crippen LogP contribution in [0.3, 0.4) is 0 Å². The second-order valence-electron chi connectivity index (χ2n) is 4.81. The molecule has 1 rings (SSSR count). The highest BCUT2D eigenvalue weighted by Gasteiger charge is 2.41. The summed E-state index contributed by atoms with van der Waals surface area (Å²) in [5, 5.41) is 10.6. The lowest BCUT2D eigenvalue weighted by Crippen LogP contribution is -2.43. The van der Waals surface area contributed by atoms with Gasteiger partial charge in [0.2, 0.25) is 0 Å². The quantitative estimate of drug-likeness (QED) is 0.847. The fraction of sp³-hybridized carbons (Fsp3) is 0.500. The van der Waals surface area contributed by atoms with Crippen LogP contribution in [0.15, 0.2) is 30.3 Å². The van der Waals surface area contributed by atoms with Crippen LogP contribution < -0.4 is 0 Å². The molecular weight excluding hydrogens is 200 g/mol. The van der Waals surface area contributed by atoms with Crippen LogP contribution in [-0.4, -0.2) is 10.9 Å². The summed E-state index contributed by atoms with van der Waals surface area (Å²) < 4.78 is 0. The molecule has 1 aromatic carbocycles. The van der Waals surface area contributed by atoms with Crippen LogP contribution in [0, 0.1) is 11.8 Å². The Hall–Kier alpha value is -1.15. The van der Waals surface area contributed by atoms with Crippen molar-refractivity contribution in [3.8, 4) is 0 Å². The first-order valence-corrected chi connectivity index (χ1v) is 5.73. The van der Waals surface area contributed by atoms with Gasteiger partial charge in [-0.25, -0.2) is 0 Å². The minimum atomic E-state index is -1.37. The zero-order valence-corrected chi connectivity index (χ0v) is 10.4. The average molecular weight is 220 g/mol. The Morgan fingerprint density at radius 3 is 2.00 bits per heavy atom. The molecule has 0 heterocycles. The summed E-state index contributed by atoms with van der Waals surface area (Å²) in [5.41, 5.74) is -0.682. The second-order valence-corrected chi connectivity index (χ2v) is 4.81. The second kappa shape index (κ2) is 4.79. The lowest BCUT2D eigenvalue weighted by molar-refractivity contribution is -0.146.